The van der Waals surface area contributed by atoms with Crippen molar-refractivity contribution in [1.29, 1.82) is 0 Å². The molecular formula is C35H41N3O5. The summed E-state index contributed by atoms with van der Waals surface area (Å²) in [5.41, 5.74) is 13.2. The van der Waals surface area contributed by atoms with Gasteiger partial charge in [-0.05, 0) is 85.1 Å². The van der Waals surface area contributed by atoms with E-state index in [0.29, 0.717) is 56.6 Å². The van der Waals surface area contributed by atoms with Gasteiger partial charge in [0.2, 0.25) is 12.2 Å². The Kier molecular flexibility index (Phi) is 10.1. The molecule has 2 amide bonds. The molecule has 0 radical (unpaired) electrons. The molecule has 3 aromatic carbocycles. The summed E-state index contributed by atoms with van der Waals surface area (Å²) in [6.07, 6.45) is 5.05. The lowest BCUT2D eigenvalue weighted by Crippen LogP contribution is -2.39. The fourth-order valence-corrected chi connectivity index (χ4v) is 6.14. The van der Waals surface area contributed by atoms with Crippen molar-refractivity contribution in [2.75, 3.05) is 30.8 Å². The van der Waals surface area contributed by atoms with E-state index in [2.05, 4.69) is 53.1 Å². The van der Waals surface area contributed by atoms with Gasteiger partial charge in [-0.25, -0.2) is 0 Å². The average Bonchev–Trinajstić information content (AvgIpc) is 3.40. The number of nitrogens with one attached hydrogen (secondary N) is 2. The van der Waals surface area contributed by atoms with Gasteiger partial charge < -0.3 is 30.9 Å². The minimum Gasteiger partial charge on any atom is -0.459 e. The Hall–Kier alpha value is -4.14. The number of para-hydroxylation sites is 2. The summed E-state index contributed by atoms with van der Waals surface area (Å²) in [5.74, 6) is -0.342. The Balaban J connectivity index is 1.28. The third kappa shape index (κ3) is 7.09. The molecule has 5 N–H and O–H groups in total. The second-order valence-corrected chi connectivity index (χ2v) is 11.1. The number of allylic oxidation sites excluding steroid dienone is 1. The van der Waals surface area contributed by atoms with Crippen molar-refractivity contribution in [2.45, 2.75) is 57.7 Å². The number of unbranched alkanes of at least 4 members (excludes halogenated alkanes) is 1. The Bertz CT molecular complexity index is 1470. The minimum atomic E-state index is -0.610. The smallest absolute Gasteiger partial charge is 0.286 e. The molecular weight excluding hydrogens is 542 g/mol. The number of carbonyl (C=O) groups is 2. The molecule has 0 fully saturated rings. The summed E-state index contributed by atoms with van der Waals surface area (Å²) >= 11 is 0. The molecule has 1 aliphatic heterocycles. The number of nitrogens with two attached hydrogens (primary N) is 1. The lowest BCUT2D eigenvalue weighted by atomic mass is 9.78. The van der Waals surface area contributed by atoms with Gasteiger partial charge in [-0.1, -0.05) is 54.6 Å². The normalized spacial score (nSPS) is 18.7. The van der Waals surface area contributed by atoms with Gasteiger partial charge in [0.25, 0.3) is 5.91 Å². The largest absolute Gasteiger partial charge is 0.459 e. The van der Waals surface area contributed by atoms with Gasteiger partial charge in [0, 0.05) is 38.0 Å². The topological polar surface area (TPSA) is 123 Å². The number of aliphatic hydroxyl groups is 1. The maximum absolute atomic E-state index is 13.3. The predicted octanol–water partition coefficient (Wildman–Crippen LogP) is 5.51. The Morgan fingerprint density at radius 1 is 1.00 bits per heavy atom. The quantitative estimate of drug-likeness (QED) is 0.122. The van der Waals surface area contributed by atoms with Crippen molar-refractivity contribution in [2.24, 2.45) is 5.92 Å². The molecule has 3 atom stereocenters. The van der Waals surface area contributed by atoms with Crippen molar-refractivity contribution in [3.05, 3.63) is 95.3 Å². The van der Waals surface area contributed by atoms with E-state index < -0.39 is 6.29 Å². The zero-order chi connectivity index (χ0) is 30.2. The molecule has 0 bridgehead atoms. The van der Waals surface area contributed by atoms with Crippen molar-refractivity contribution in [1.82, 2.24) is 5.32 Å². The molecule has 0 saturated heterocycles. The standard InChI is InChI=1S/C35H41N3O5/c1-2-42-35-27(15-10-20-39)29(26-14-9-13-25-24-12-4-3-11-23(24)21-28(25)26)22-32(43-35)34(41)37-19-8-7-18-33(40)38-31-17-6-5-16-30(31)36/h3-6,9,11-14,16-17,22,27,29,35,39H,2,7-8,10,15,18-21,36H2,1H3,(H,37,41)(H,38,40). The molecule has 1 aliphatic carbocycles. The van der Waals surface area contributed by atoms with E-state index in [1.807, 2.05) is 25.1 Å². The summed E-state index contributed by atoms with van der Waals surface area (Å²) in [6, 6.07) is 22.0. The summed E-state index contributed by atoms with van der Waals surface area (Å²) in [5, 5.41) is 15.4. The van der Waals surface area contributed by atoms with Crippen LogP contribution in [0.15, 0.2) is 78.6 Å². The molecule has 43 heavy (non-hydrogen) atoms. The first-order valence-electron chi connectivity index (χ1n) is 15.2. The van der Waals surface area contributed by atoms with E-state index in [9.17, 15) is 14.7 Å². The fourth-order valence-electron chi connectivity index (χ4n) is 6.14. The Morgan fingerprint density at radius 2 is 1.79 bits per heavy atom. The second kappa shape index (κ2) is 14.4. The van der Waals surface area contributed by atoms with Gasteiger partial charge in [-0.3, -0.25) is 9.59 Å². The summed E-state index contributed by atoms with van der Waals surface area (Å²) in [4.78, 5) is 25.7. The summed E-state index contributed by atoms with van der Waals surface area (Å²) < 4.78 is 12.2. The molecule has 0 spiro atoms. The average molecular weight is 584 g/mol. The van der Waals surface area contributed by atoms with Crippen molar-refractivity contribution >= 4 is 23.2 Å². The van der Waals surface area contributed by atoms with E-state index in [1.165, 1.54) is 27.8 Å². The molecule has 8 nitrogen and oxygen atoms in total. The number of carbonyl (C=O) groups excluding carboxylic acids is 2. The molecule has 8 heteroatoms. The highest BCUT2D eigenvalue weighted by molar-refractivity contribution is 5.94. The summed E-state index contributed by atoms with van der Waals surface area (Å²) in [7, 11) is 0. The second-order valence-electron chi connectivity index (χ2n) is 11.1. The Labute approximate surface area is 253 Å². The predicted molar refractivity (Wildman–Crippen MR) is 168 cm³/mol. The molecule has 2 aliphatic rings. The molecule has 5 rings (SSSR count). The number of ether oxygens (including phenoxy) is 2. The number of hydrogen-bond acceptors (Lipinski definition) is 6. The number of rotatable bonds is 13. The van der Waals surface area contributed by atoms with Crippen LogP contribution in [0.5, 0.6) is 0 Å². The third-order valence-corrected chi connectivity index (χ3v) is 8.23. The molecule has 0 aromatic heterocycles. The number of amides is 2. The molecule has 3 unspecified atom stereocenters. The van der Waals surface area contributed by atoms with Crippen LogP contribution in [-0.4, -0.2) is 43.0 Å². The van der Waals surface area contributed by atoms with Gasteiger partial charge in [0.1, 0.15) is 0 Å². The van der Waals surface area contributed by atoms with Crippen LogP contribution in [-0.2, 0) is 25.5 Å². The van der Waals surface area contributed by atoms with E-state index in [1.54, 1.807) is 12.1 Å². The van der Waals surface area contributed by atoms with Gasteiger partial charge in [-0.2, -0.15) is 0 Å². The summed E-state index contributed by atoms with van der Waals surface area (Å²) in [6.45, 7) is 2.85. The lowest BCUT2D eigenvalue weighted by molar-refractivity contribution is -0.166. The number of fused-ring (bicyclic) bond motifs is 3. The Morgan fingerprint density at radius 3 is 2.60 bits per heavy atom. The molecule has 226 valence electrons. The maximum Gasteiger partial charge on any atom is 0.286 e. The van der Waals surface area contributed by atoms with Crippen LogP contribution in [0, 0.1) is 5.92 Å². The van der Waals surface area contributed by atoms with Crippen LogP contribution in [0.25, 0.3) is 11.1 Å². The van der Waals surface area contributed by atoms with Crippen LogP contribution >= 0.6 is 0 Å². The highest BCUT2D eigenvalue weighted by Crippen LogP contribution is 2.46. The first-order chi connectivity index (χ1) is 21.0. The highest BCUT2D eigenvalue weighted by Gasteiger charge is 2.39. The monoisotopic (exact) mass is 583 g/mol. The lowest BCUT2D eigenvalue weighted by Gasteiger charge is -2.37. The molecule has 3 aromatic rings. The van der Waals surface area contributed by atoms with Crippen LogP contribution in [0.1, 0.15) is 61.6 Å². The number of aliphatic hydroxyl groups excluding tert-OH is 1. The molecule has 1 heterocycles. The minimum absolute atomic E-state index is 0.0592. The number of nitrogen functional groups attached to an aromatic ring is 1. The molecule has 0 saturated carbocycles. The van der Waals surface area contributed by atoms with Gasteiger partial charge in [0.05, 0.1) is 11.4 Å². The van der Waals surface area contributed by atoms with E-state index in [-0.39, 0.29) is 36.0 Å². The maximum atomic E-state index is 13.3. The highest BCUT2D eigenvalue weighted by atomic mass is 16.7. The number of hydrogen-bond donors (Lipinski definition) is 4. The van der Waals surface area contributed by atoms with Crippen molar-refractivity contribution in [3.8, 4) is 11.1 Å². The van der Waals surface area contributed by atoms with Crippen LogP contribution < -0.4 is 16.4 Å². The van der Waals surface area contributed by atoms with E-state index in [0.717, 1.165) is 6.42 Å². The third-order valence-electron chi connectivity index (χ3n) is 8.23. The van der Waals surface area contributed by atoms with Gasteiger partial charge in [0.15, 0.2) is 5.76 Å². The van der Waals surface area contributed by atoms with Gasteiger partial charge in [-0.15, -0.1) is 0 Å². The van der Waals surface area contributed by atoms with Crippen LogP contribution in [0.3, 0.4) is 0 Å². The van der Waals surface area contributed by atoms with Crippen molar-refractivity contribution in [3.63, 3.8) is 0 Å². The number of benzene rings is 3. The van der Waals surface area contributed by atoms with Crippen LogP contribution in [0.2, 0.25) is 0 Å². The fraction of sp³-hybridized carbons (Fsp3) is 0.371. The number of anilines is 2. The first-order valence-corrected chi connectivity index (χ1v) is 15.2. The van der Waals surface area contributed by atoms with E-state index in [4.69, 9.17) is 15.2 Å². The van der Waals surface area contributed by atoms with E-state index >= 15 is 0 Å². The zero-order valence-corrected chi connectivity index (χ0v) is 24.7. The first kappa shape index (κ1) is 30.3. The van der Waals surface area contributed by atoms with Crippen LogP contribution in [0.4, 0.5) is 11.4 Å². The zero-order valence-electron chi connectivity index (χ0n) is 24.7. The SMILES string of the molecule is CCOC1OC(C(=O)NCCCCC(=O)Nc2ccccc2N)=CC(c2cccc3c2Cc2ccccc2-3)C1CCCO. The van der Waals surface area contributed by atoms with Crippen molar-refractivity contribution < 1.29 is 24.2 Å². The van der Waals surface area contributed by atoms with Gasteiger partial charge >= 0.3 is 0 Å².